The second-order valence-corrected chi connectivity index (χ2v) is 5.45. The van der Waals surface area contributed by atoms with E-state index in [1.165, 1.54) is 0 Å². The van der Waals surface area contributed by atoms with Gasteiger partial charge in [0.2, 0.25) is 0 Å². The Labute approximate surface area is 148 Å². The van der Waals surface area contributed by atoms with E-state index in [1.54, 1.807) is 13.3 Å². The van der Waals surface area contributed by atoms with Crippen LogP contribution in [-0.2, 0) is 11.3 Å². The van der Waals surface area contributed by atoms with Gasteiger partial charge in [0.1, 0.15) is 7.11 Å². The van der Waals surface area contributed by atoms with Gasteiger partial charge in [-0.25, -0.2) is 0 Å². The van der Waals surface area contributed by atoms with Gasteiger partial charge in [-0.15, -0.1) is 0 Å². The molecule has 3 rings (SSSR count). The minimum atomic E-state index is 0.663. The van der Waals surface area contributed by atoms with Gasteiger partial charge in [0.15, 0.2) is 0 Å². The van der Waals surface area contributed by atoms with Gasteiger partial charge in [-0.3, -0.25) is 4.98 Å². The lowest BCUT2D eigenvalue weighted by Crippen LogP contribution is -2.06. The average Bonchev–Trinajstić information content (AvgIpc) is 2.68. The number of nitrogens with zero attached hydrogens (tertiary/aromatic N) is 2. The first-order valence-corrected chi connectivity index (χ1v) is 8.01. The Balaban J connectivity index is 1.78. The maximum Gasteiger partial charge on any atom is 0.106 e. The summed E-state index contributed by atoms with van der Waals surface area (Å²) in [5, 5.41) is 4.17. The van der Waals surface area contributed by atoms with E-state index in [-0.39, 0.29) is 0 Å². The molecule has 3 nitrogen and oxygen atoms in total. The number of rotatable bonds is 4. The molecular weight excluding hydrogens is 308 g/mol. The highest BCUT2D eigenvalue weighted by Gasteiger charge is 2.06. The normalized spacial score (nSPS) is 10.7. The molecule has 0 aliphatic rings. The molecular formula is C22H18N2O. The summed E-state index contributed by atoms with van der Waals surface area (Å²) in [7, 11) is 1.56. The highest BCUT2D eigenvalue weighted by Crippen LogP contribution is 2.10. The molecule has 0 spiro atoms. The lowest BCUT2D eigenvalue weighted by molar-refractivity contribution is 0.213. The number of benzene rings is 2. The van der Waals surface area contributed by atoms with E-state index in [0.717, 1.165) is 28.0 Å². The Kier molecular flexibility index (Phi) is 5.58. The second-order valence-electron chi connectivity index (χ2n) is 5.45. The molecule has 3 heteroatoms. The van der Waals surface area contributed by atoms with Gasteiger partial charge in [-0.1, -0.05) is 53.4 Å². The first kappa shape index (κ1) is 16.5. The predicted octanol–water partition coefficient (Wildman–Crippen LogP) is 4.07. The number of oxime groups is 1. The molecule has 0 N–H and O–H groups in total. The minimum absolute atomic E-state index is 0.663. The smallest absolute Gasteiger partial charge is 0.106 e. The largest absolute Gasteiger partial charge is 0.399 e. The van der Waals surface area contributed by atoms with Crippen LogP contribution in [0, 0.1) is 11.8 Å². The van der Waals surface area contributed by atoms with Crippen LogP contribution in [0.15, 0.2) is 84.3 Å². The van der Waals surface area contributed by atoms with Crippen LogP contribution < -0.4 is 0 Å². The predicted molar refractivity (Wildman–Crippen MR) is 100 cm³/mol. The zero-order valence-corrected chi connectivity index (χ0v) is 14.0. The van der Waals surface area contributed by atoms with Crippen molar-refractivity contribution in [1.82, 2.24) is 4.98 Å². The van der Waals surface area contributed by atoms with E-state index in [9.17, 15) is 0 Å². The van der Waals surface area contributed by atoms with Crippen LogP contribution >= 0.6 is 0 Å². The zero-order chi connectivity index (χ0) is 17.3. The van der Waals surface area contributed by atoms with Crippen molar-refractivity contribution < 1.29 is 4.84 Å². The molecule has 2 aromatic carbocycles. The van der Waals surface area contributed by atoms with Crippen LogP contribution in [0.3, 0.4) is 0 Å². The van der Waals surface area contributed by atoms with E-state index in [2.05, 4.69) is 22.0 Å². The molecule has 0 atom stereocenters. The Hall–Kier alpha value is -3.38. The topological polar surface area (TPSA) is 34.5 Å². The molecule has 122 valence electrons. The standard InChI is InChI=1S/C22H18N2O/c1-25-24-22(16-20-8-5-15-23-17-20)21-13-11-19(12-14-21)10-9-18-6-3-2-4-7-18/h2-8,11-15,17H,16H2,1H3. The molecule has 0 saturated carbocycles. The van der Waals surface area contributed by atoms with Crippen LogP contribution in [0.25, 0.3) is 0 Å². The van der Waals surface area contributed by atoms with Gasteiger partial charge in [0.05, 0.1) is 5.71 Å². The molecule has 0 unspecified atom stereocenters. The van der Waals surface area contributed by atoms with Gasteiger partial charge in [-0.2, -0.15) is 0 Å². The molecule has 0 bridgehead atoms. The van der Waals surface area contributed by atoms with Gasteiger partial charge in [0.25, 0.3) is 0 Å². The minimum Gasteiger partial charge on any atom is -0.399 e. The fraction of sp³-hybridized carbons (Fsp3) is 0.0909. The summed E-state index contributed by atoms with van der Waals surface area (Å²) >= 11 is 0. The van der Waals surface area contributed by atoms with Crippen molar-refractivity contribution in [2.75, 3.05) is 7.11 Å². The number of pyridine rings is 1. The van der Waals surface area contributed by atoms with Crippen molar-refractivity contribution in [2.45, 2.75) is 6.42 Å². The number of hydrogen-bond acceptors (Lipinski definition) is 3. The monoisotopic (exact) mass is 326 g/mol. The third-order valence-corrected chi connectivity index (χ3v) is 3.64. The van der Waals surface area contributed by atoms with Gasteiger partial charge in [-0.05, 0) is 41.5 Å². The molecule has 0 aliphatic heterocycles. The Bertz CT molecular complexity index is 890. The molecule has 25 heavy (non-hydrogen) atoms. The third-order valence-electron chi connectivity index (χ3n) is 3.64. The Morgan fingerprint density at radius 1 is 0.920 bits per heavy atom. The summed E-state index contributed by atoms with van der Waals surface area (Å²) < 4.78 is 0. The van der Waals surface area contributed by atoms with Crippen LogP contribution in [0.2, 0.25) is 0 Å². The molecule has 0 amide bonds. The van der Waals surface area contributed by atoms with E-state index in [4.69, 9.17) is 4.84 Å². The first-order valence-electron chi connectivity index (χ1n) is 8.01. The summed E-state index contributed by atoms with van der Waals surface area (Å²) in [6.45, 7) is 0. The molecule has 1 heterocycles. The summed E-state index contributed by atoms with van der Waals surface area (Å²) in [6, 6.07) is 21.9. The van der Waals surface area contributed by atoms with E-state index < -0.39 is 0 Å². The van der Waals surface area contributed by atoms with E-state index in [1.807, 2.05) is 72.9 Å². The van der Waals surface area contributed by atoms with Crippen molar-refractivity contribution in [2.24, 2.45) is 5.16 Å². The fourth-order valence-electron chi connectivity index (χ4n) is 2.41. The van der Waals surface area contributed by atoms with Crippen molar-refractivity contribution >= 4 is 5.71 Å². The number of aromatic nitrogens is 1. The third kappa shape index (κ3) is 4.79. The lowest BCUT2D eigenvalue weighted by atomic mass is 10.0. The van der Waals surface area contributed by atoms with Crippen molar-refractivity contribution in [1.29, 1.82) is 0 Å². The molecule has 3 aromatic rings. The van der Waals surface area contributed by atoms with Crippen LogP contribution in [0.5, 0.6) is 0 Å². The van der Waals surface area contributed by atoms with Crippen molar-refractivity contribution in [3.05, 3.63) is 101 Å². The highest BCUT2D eigenvalue weighted by atomic mass is 16.6. The molecule has 0 saturated heterocycles. The van der Waals surface area contributed by atoms with Gasteiger partial charge < -0.3 is 4.84 Å². The van der Waals surface area contributed by atoms with E-state index >= 15 is 0 Å². The Morgan fingerprint density at radius 3 is 2.28 bits per heavy atom. The summed E-state index contributed by atoms with van der Waals surface area (Å²) in [5.74, 6) is 6.34. The zero-order valence-electron chi connectivity index (χ0n) is 14.0. The van der Waals surface area contributed by atoms with Crippen LogP contribution in [0.4, 0.5) is 0 Å². The van der Waals surface area contributed by atoms with Crippen LogP contribution in [-0.4, -0.2) is 17.8 Å². The van der Waals surface area contributed by atoms with Crippen LogP contribution in [0.1, 0.15) is 22.3 Å². The van der Waals surface area contributed by atoms with Crippen molar-refractivity contribution in [3.63, 3.8) is 0 Å². The number of hydrogen-bond donors (Lipinski definition) is 0. The quantitative estimate of drug-likeness (QED) is 0.411. The van der Waals surface area contributed by atoms with Gasteiger partial charge in [0, 0.05) is 29.9 Å². The highest BCUT2D eigenvalue weighted by molar-refractivity contribution is 6.01. The van der Waals surface area contributed by atoms with Gasteiger partial charge >= 0.3 is 0 Å². The SMILES string of the molecule is CON=C(Cc1cccnc1)c1ccc(C#Cc2ccccc2)cc1. The molecule has 0 radical (unpaired) electrons. The lowest BCUT2D eigenvalue weighted by Gasteiger charge is -2.06. The maximum absolute atomic E-state index is 5.01. The molecule has 0 fully saturated rings. The Morgan fingerprint density at radius 2 is 1.64 bits per heavy atom. The van der Waals surface area contributed by atoms with Crippen molar-refractivity contribution in [3.8, 4) is 11.8 Å². The average molecular weight is 326 g/mol. The summed E-state index contributed by atoms with van der Waals surface area (Å²) in [4.78, 5) is 9.15. The molecule has 0 aliphatic carbocycles. The summed E-state index contributed by atoms with van der Waals surface area (Å²) in [5.41, 5.74) is 4.93. The molecule has 1 aromatic heterocycles. The van der Waals surface area contributed by atoms with E-state index in [0.29, 0.717) is 6.42 Å². The fourth-order valence-corrected chi connectivity index (χ4v) is 2.41. The summed E-state index contributed by atoms with van der Waals surface area (Å²) in [6.07, 6.45) is 4.26. The maximum atomic E-state index is 5.01. The first-order chi connectivity index (χ1) is 12.3. The second kappa shape index (κ2) is 8.47.